The number of hydrogen-bond acceptors (Lipinski definition) is 3. The monoisotopic (exact) mass is 311 g/mol. The van der Waals surface area contributed by atoms with Crippen LogP contribution in [0.15, 0.2) is 0 Å². The second-order valence-corrected chi connectivity index (χ2v) is 8.40. The number of nitrogens with zero attached hydrogens (tertiary/aromatic N) is 1. The molecule has 1 rings (SSSR count). The summed E-state index contributed by atoms with van der Waals surface area (Å²) in [7, 11) is -0.245. The van der Waals surface area contributed by atoms with Gasteiger partial charge in [0.25, 0.3) is 0 Å². The fraction of sp³-hybridized carbons (Fsp3) is 0.941. The smallest absolute Gasteiger partial charge is 0.403 e. The van der Waals surface area contributed by atoms with Crippen LogP contribution in [0.2, 0.25) is 5.31 Å². The minimum atomic E-state index is -0.312. The number of hydrogen-bond donors (Lipinski definition) is 0. The lowest BCUT2D eigenvalue weighted by Gasteiger charge is -2.32. The van der Waals surface area contributed by atoms with Crippen molar-refractivity contribution in [2.75, 3.05) is 13.1 Å². The Morgan fingerprint density at radius 1 is 1.14 bits per heavy atom. The Balaban J connectivity index is 2.70. The molecule has 0 unspecified atom stereocenters. The van der Waals surface area contributed by atoms with Gasteiger partial charge in [-0.3, -0.25) is 4.79 Å². The van der Waals surface area contributed by atoms with Gasteiger partial charge in [0.15, 0.2) is 0 Å². The standard InChI is InChI=1S/C17H34BNO3/c1-10-19(14(20)13(2)3)12-11-15(4,5)18-21-16(6,7)17(8,9)22-18/h13H,10-12H2,1-9H3. The first-order chi connectivity index (χ1) is 9.84. The van der Waals surface area contributed by atoms with Crippen LogP contribution in [-0.2, 0) is 14.1 Å². The Bertz CT molecular complexity index is 389. The van der Waals surface area contributed by atoms with Crippen LogP contribution in [0.1, 0.15) is 68.7 Å². The third-order valence-corrected chi connectivity index (χ3v) is 5.10. The molecule has 1 aliphatic rings. The first kappa shape index (κ1) is 19.5. The summed E-state index contributed by atoms with van der Waals surface area (Å²) in [5.41, 5.74) is -0.625. The molecule has 0 saturated carbocycles. The zero-order valence-corrected chi connectivity index (χ0v) is 15.9. The molecule has 0 spiro atoms. The van der Waals surface area contributed by atoms with E-state index in [9.17, 15) is 4.79 Å². The molecule has 0 aromatic rings. The van der Waals surface area contributed by atoms with Crippen molar-refractivity contribution in [2.24, 2.45) is 5.92 Å². The Kier molecular flexibility index (Phi) is 5.78. The van der Waals surface area contributed by atoms with Crippen molar-refractivity contribution in [1.29, 1.82) is 0 Å². The van der Waals surface area contributed by atoms with Gasteiger partial charge in [0.1, 0.15) is 0 Å². The maximum Gasteiger partial charge on any atom is 0.464 e. The predicted octanol–water partition coefficient (Wildman–Crippen LogP) is 3.75. The third-order valence-electron chi connectivity index (χ3n) is 5.10. The molecule has 0 bridgehead atoms. The minimum Gasteiger partial charge on any atom is -0.403 e. The van der Waals surface area contributed by atoms with E-state index in [-0.39, 0.29) is 35.5 Å². The lowest BCUT2D eigenvalue weighted by molar-refractivity contribution is -0.134. The lowest BCUT2D eigenvalue weighted by atomic mass is 9.58. The van der Waals surface area contributed by atoms with Crippen molar-refractivity contribution >= 4 is 13.0 Å². The van der Waals surface area contributed by atoms with Crippen molar-refractivity contribution in [3.63, 3.8) is 0 Å². The number of carbonyl (C=O) groups excluding carboxylic acids is 1. The molecule has 22 heavy (non-hydrogen) atoms. The number of amides is 1. The van der Waals surface area contributed by atoms with E-state index < -0.39 is 0 Å². The third kappa shape index (κ3) is 4.05. The van der Waals surface area contributed by atoms with Crippen LogP contribution in [-0.4, -0.2) is 42.2 Å². The summed E-state index contributed by atoms with van der Waals surface area (Å²) < 4.78 is 12.4. The topological polar surface area (TPSA) is 38.8 Å². The second kappa shape index (κ2) is 6.52. The minimum absolute atomic E-state index is 0.0416. The number of rotatable bonds is 6. The normalized spacial score (nSPS) is 20.5. The van der Waals surface area contributed by atoms with Gasteiger partial charge in [0.2, 0.25) is 5.91 Å². The molecule has 0 N–H and O–H groups in total. The van der Waals surface area contributed by atoms with Gasteiger partial charge < -0.3 is 14.2 Å². The molecule has 1 aliphatic heterocycles. The summed E-state index contributed by atoms with van der Waals surface area (Å²) in [6, 6.07) is 0. The summed E-state index contributed by atoms with van der Waals surface area (Å²) >= 11 is 0. The van der Waals surface area contributed by atoms with Crippen LogP contribution < -0.4 is 0 Å². The van der Waals surface area contributed by atoms with E-state index in [0.29, 0.717) is 0 Å². The van der Waals surface area contributed by atoms with Gasteiger partial charge in [0, 0.05) is 24.3 Å². The van der Waals surface area contributed by atoms with Crippen molar-refractivity contribution in [1.82, 2.24) is 4.90 Å². The van der Waals surface area contributed by atoms with Crippen LogP contribution in [0.25, 0.3) is 0 Å². The molecule has 0 aliphatic carbocycles. The van der Waals surface area contributed by atoms with Gasteiger partial charge in [-0.1, -0.05) is 27.7 Å². The molecule has 1 saturated heterocycles. The predicted molar refractivity (Wildman–Crippen MR) is 91.8 cm³/mol. The molecule has 1 fully saturated rings. The van der Waals surface area contributed by atoms with Crippen molar-refractivity contribution < 1.29 is 14.1 Å². The van der Waals surface area contributed by atoms with E-state index >= 15 is 0 Å². The van der Waals surface area contributed by atoms with Crippen molar-refractivity contribution in [2.45, 2.75) is 85.3 Å². The fourth-order valence-electron chi connectivity index (χ4n) is 2.49. The fourth-order valence-corrected chi connectivity index (χ4v) is 2.49. The Labute approximate surface area is 137 Å². The van der Waals surface area contributed by atoms with E-state index in [2.05, 4.69) is 41.5 Å². The van der Waals surface area contributed by atoms with Crippen LogP contribution in [0, 0.1) is 5.92 Å². The highest BCUT2D eigenvalue weighted by Crippen LogP contribution is 2.46. The Morgan fingerprint density at radius 3 is 1.95 bits per heavy atom. The summed E-state index contributed by atoms with van der Waals surface area (Å²) in [6.07, 6.45) is 0.857. The van der Waals surface area contributed by atoms with Gasteiger partial charge in [-0.05, 0) is 41.0 Å². The van der Waals surface area contributed by atoms with Gasteiger partial charge in [-0.2, -0.15) is 0 Å². The molecule has 0 atom stereocenters. The maximum absolute atomic E-state index is 12.2. The van der Waals surface area contributed by atoms with Gasteiger partial charge >= 0.3 is 7.12 Å². The first-order valence-corrected chi connectivity index (χ1v) is 8.48. The van der Waals surface area contributed by atoms with Crippen molar-refractivity contribution in [3.05, 3.63) is 0 Å². The molecule has 0 aromatic carbocycles. The van der Waals surface area contributed by atoms with E-state index in [4.69, 9.17) is 9.31 Å². The van der Waals surface area contributed by atoms with E-state index in [1.54, 1.807) is 0 Å². The molecule has 0 aromatic heterocycles. The zero-order chi connectivity index (χ0) is 17.3. The zero-order valence-electron chi connectivity index (χ0n) is 15.9. The van der Waals surface area contributed by atoms with Crippen LogP contribution in [0.4, 0.5) is 0 Å². The van der Waals surface area contributed by atoms with Gasteiger partial charge in [0.05, 0.1) is 11.2 Å². The summed E-state index contributed by atoms with van der Waals surface area (Å²) in [5.74, 6) is 0.257. The van der Waals surface area contributed by atoms with Gasteiger partial charge in [-0.25, -0.2) is 0 Å². The number of carbonyl (C=O) groups is 1. The summed E-state index contributed by atoms with van der Waals surface area (Å²) in [6.45, 7) is 20.0. The molecule has 1 amide bonds. The van der Waals surface area contributed by atoms with E-state index in [0.717, 1.165) is 19.5 Å². The maximum atomic E-state index is 12.2. The quantitative estimate of drug-likeness (QED) is 0.701. The Hall–Kier alpha value is -0.545. The van der Waals surface area contributed by atoms with E-state index in [1.165, 1.54) is 0 Å². The molecular formula is C17H34BNO3. The summed E-state index contributed by atoms with van der Waals surface area (Å²) in [4.78, 5) is 14.1. The van der Waals surface area contributed by atoms with Crippen LogP contribution >= 0.6 is 0 Å². The highest BCUT2D eigenvalue weighted by molar-refractivity contribution is 6.49. The first-order valence-electron chi connectivity index (χ1n) is 8.48. The average molecular weight is 311 g/mol. The highest BCUT2D eigenvalue weighted by Gasteiger charge is 2.56. The average Bonchev–Trinajstić information content (AvgIpc) is 2.59. The molecule has 1 heterocycles. The molecule has 4 nitrogen and oxygen atoms in total. The lowest BCUT2D eigenvalue weighted by Crippen LogP contribution is -2.41. The summed E-state index contributed by atoms with van der Waals surface area (Å²) in [5, 5.41) is -0.143. The highest BCUT2D eigenvalue weighted by atomic mass is 16.7. The van der Waals surface area contributed by atoms with Crippen LogP contribution in [0.5, 0.6) is 0 Å². The van der Waals surface area contributed by atoms with E-state index in [1.807, 2.05) is 25.7 Å². The largest absolute Gasteiger partial charge is 0.464 e. The molecule has 5 heteroatoms. The van der Waals surface area contributed by atoms with Crippen molar-refractivity contribution in [3.8, 4) is 0 Å². The van der Waals surface area contributed by atoms with Crippen LogP contribution in [0.3, 0.4) is 0 Å². The Morgan fingerprint density at radius 2 is 1.59 bits per heavy atom. The van der Waals surface area contributed by atoms with Gasteiger partial charge in [-0.15, -0.1) is 0 Å². The molecule has 128 valence electrons. The SMILES string of the molecule is CCN(CCC(C)(C)B1OC(C)(C)C(C)(C)O1)C(=O)C(C)C. The molecule has 0 radical (unpaired) electrons. The molecular weight excluding hydrogens is 277 g/mol. The second-order valence-electron chi connectivity index (χ2n) is 8.40.